The first-order chi connectivity index (χ1) is 9.52. The third-order valence-electron chi connectivity index (χ3n) is 3.50. The van der Waals surface area contributed by atoms with Crippen molar-refractivity contribution in [3.63, 3.8) is 0 Å². The van der Waals surface area contributed by atoms with Crippen molar-refractivity contribution in [1.29, 1.82) is 0 Å². The van der Waals surface area contributed by atoms with Crippen LogP contribution in [0, 0.1) is 0 Å². The lowest BCUT2D eigenvalue weighted by Crippen LogP contribution is -2.37. The first-order valence-corrected chi connectivity index (χ1v) is 6.62. The zero-order valence-corrected chi connectivity index (χ0v) is 11.5. The summed E-state index contributed by atoms with van der Waals surface area (Å²) in [6, 6.07) is 6.49. The van der Waals surface area contributed by atoms with E-state index in [2.05, 4.69) is 10.1 Å². The summed E-state index contributed by atoms with van der Waals surface area (Å²) in [6.45, 7) is 1.48. The fraction of sp³-hybridized carbons (Fsp3) is 0.500. The van der Waals surface area contributed by atoms with Crippen molar-refractivity contribution in [3.05, 3.63) is 29.8 Å². The van der Waals surface area contributed by atoms with Crippen LogP contribution in [-0.4, -0.2) is 30.0 Å². The quantitative estimate of drug-likeness (QED) is 0.903. The number of carbonyl (C=O) groups is 1. The van der Waals surface area contributed by atoms with Crippen LogP contribution in [-0.2, 0) is 4.79 Å². The van der Waals surface area contributed by atoms with Gasteiger partial charge in [-0.15, -0.1) is 0 Å². The summed E-state index contributed by atoms with van der Waals surface area (Å²) in [4.78, 5) is 13.7. The average molecular weight is 284 g/mol. The second-order valence-electron chi connectivity index (χ2n) is 4.79. The maximum atomic E-state index is 12.1. The van der Waals surface area contributed by atoms with Gasteiger partial charge < -0.3 is 9.64 Å². The van der Waals surface area contributed by atoms with Gasteiger partial charge >= 0.3 is 6.61 Å². The van der Waals surface area contributed by atoms with Gasteiger partial charge in [-0.1, -0.05) is 19.1 Å². The minimum Gasteiger partial charge on any atom is -0.435 e. The van der Waals surface area contributed by atoms with Crippen LogP contribution in [0.25, 0.3) is 0 Å². The highest BCUT2D eigenvalue weighted by Gasteiger charge is 2.34. The lowest BCUT2D eigenvalue weighted by Gasteiger charge is -2.30. The second-order valence-corrected chi connectivity index (χ2v) is 4.79. The van der Waals surface area contributed by atoms with Crippen molar-refractivity contribution in [1.82, 2.24) is 10.2 Å². The minimum absolute atomic E-state index is 0.0530. The van der Waals surface area contributed by atoms with E-state index in [1.165, 1.54) is 12.1 Å². The molecule has 110 valence electrons. The lowest BCUT2D eigenvalue weighted by molar-refractivity contribution is -0.130. The van der Waals surface area contributed by atoms with Crippen molar-refractivity contribution in [3.8, 4) is 5.75 Å². The maximum absolute atomic E-state index is 12.1. The summed E-state index contributed by atoms with van der Waals surface area (Å²) in [7, 11) is 0. The molecular weight excluding hydrogens is 266 g/mol. The van der Waals surface area contributed by atoms with E-state index in [4.69, 9.17) is 0 Å². The summed E-state index contributed by atoms with van der Waals surface area (Å²) in [5, 5.41) is 3.14. The number of alkyl halides is 2. The molecule has 1 amide bonds. The Balaban J connectivity index is 2.16. The van der Waals surface area contributed by atoms with Crippen LogP contribution in [0.1, 0.15) is 32.0 Å². The Kier molecular flexibility index (Phi) is 4.54. The molecular formula is C14H18F2N2O2. The summed E-state index contributed by atoms with van der Waals surface area (Å²) in [5.41, 5.74) is 0.859. The molecule has 2 rings (SSSR count). The zero-order chi connectivity index (χ0) is 14.7. The molecule has 1 heterocycles. The first kappa shape index (κ1) is 14.7. The van der Waals surface area contributed by atoms with Crippen LogP contribution in [0.4, 0.5) is 8.78 Å². The molecule has 6 heteroatoms. The smallest absolute Gasteiger partial charge is 0.387 e. The molecule has 1 aliphatic rings. The molecule has 2 unspecified atom stereocenters. The minimum atomic E-state index is -2.83. The number of halogens is 2. The fourth-order valence-electron chi connectivity index (χ4n) is 2.32. The molecule has 1 aromatic carbocycles. The van der Waals surface area contributed by atoms with Gasteiger partial charge in [-0.2, -0.15) is 8.78 Å². The van der Waals surface area contributed by atoms with Crippen molar-refractivity contribution >= 4 is 5.91 Å². The fourth-order valence-corrected chi connectivity index (χ4v) is 2.32. The van der Waals surface area contributed by atoms with Gasteiger partial charge in [0, 0.05) is 6.04 Å². The van der Waals surface area contributed by atoms with Crippen LogP contribution in [0.3, 0.4) is 0 Å². The first-order valence-electron chi connectivity index (χ1n) is 6.62. The highest BCUT2D eigenvalue weighted by Crippen LogP contribution is 2.27. The van der Waals surface area contributed by atoms with Crippen molar-refractivity contribution in [2.45, 2.75) is 39.1 Å². The van der Waals surface area contributed by atoms with Gasteiger partial charge in [-0.05, 0) is 31.0 Å². The SMILES string of the molecule is CCC(C)N1C(=O)CNC1c1ccc(OC(F)F)cc1. The molecule has 1 aliphatic heterocycles. The molecule has 0 saturated carbocycles. The van der Waals surface area contributed by atoms with Crippen LogP contribution in [0.5, 0.6) is 5.75 Å². The predicted octanol–water partition coefficient (Wildman–Crippen LogP) is 2.52. The number of carbonyl (C=O) groups excluding carboxylic acids is 1. The molecule has 1 saturated heterocycles. The van der Waals surface area contributed by atoms with Crippen LogP contribution in [0.15, 0.2) is 24.3 Å². The monoisotopic (exact) mass is 284 g/mol. The van der Waals surface area contributed by atoms with Gasteiger partial charge in [0.05, 0.1) is 6.54 Å². The normalized spacial score (nSPS) is 20.6. The van der Waals surface area contributed by atoms with E-state index >= 15 is 0 Å². The number of hydrogen-bond acceptors (Lipinski definition) is 3. The van der Waals surface area contributed by atoms with Gasteiger partial charge in [-0.25, -0.2) is 0 Å². The topological polar surface area (TPSA) is 41.6 Å². The second kappa shape index (κ2) is 6.17. The highest BCUT2D eigenvalue weighted by atomic mass is 19.3. The van der Waals surface area contributed by atoms with E-state index in [1.807, 2.05) is 13.8 Å². The Labute approximate surface area is 116 Å². The summed E-state index contributed by atoms with van der Waals surface area (Å²) in [5.74, 6) is 0.167. The lowest BCUT2D eigenvalue weighted by atomic mass is 10.1. The van der Waals surface area contributed by atoms with Crippen LogP contribution in [0.2, 0.25) is 0 Å². The number of rotatable bonds is 5. The molecule has 0 aromatic heterocycles. The molecule has 4 nitrogen and oxygen atoms in total. The Morgan fingerprint density at radius 3 is 2.60 bits per heavy atom. The highest BCUT2D eigenvalue weighted by molar-refractivity contribution is 5.81. The number of benzene rings is 1. The Bertz CT molecular complexity index is 465. The number of amides is 1. The van der Waals surface area contributed by atoms with E-state index in [1.54, 1.807) is 17.0 Å². The van der Waals surface area contributed by atoms with Gasteiger partial charge in [0.15, 0.2) is 0 Å². The number of hydrogen-bond donors (Lipinski definition) is 1. The van der Waals surface area contributed by atoms with Crippen molar-refractivity contribution < 1.29 is 18.3 Å². The van der Waals surface area contributed by atoms with E-state index < -0.39 is 6.61 Å². The van der Waals surface area contributed by atoms with Gasteiger partial charge in [0.2, 0.25) is 5.91 Å². The average Bonchev–Trinajstić information content (AvgIpc) is 2.80. The van der Waals surface area contributed by atoms with Crippen LogP contribution < -0.4 is 10.1 Å². The van der Waals surface area contributed by atoms with Crippen LogP contribution >= 0.6 is 0 Å². The molecule has 1 N–H and O–H groups in total. The molecule has 1 aromatic rings. The molecule has 1 fully saturated rings. The molecule has 2 atom stereocenters. The Morgan fingerprint density at radius 2 is 2.05 bits per heavy atom. The van der Waals surface area contributed by atoms with Crippen molar-refractivity contribution in [2.24, 2.45) is 0 Å². The number of nitrogens with zero attached hydrogens (tertiary/aromatic N) is 1. The van der Waals surface area contributed by atoms with Gasteiger partial charge in [-0.3, -0.25) is 10.1 Å². The number of ether oxygens (including phenoxy) is 1. The van der Waals surface area contributed by atoms with Crippen molar-refractivity contribution in [2.75, 3.05) is 6.54 Å². The molecule has 0 spiro atoms. The third kappa shape index (κ3) is 3.07. The Hall–Kier alpha value is -1.69. The summed E-state index contributed by atoms with van der Waals surface area (Å²) >= 11 is 0. The third-order valence-corrected chi connectivity index (χ3v) is 3.50. The van der Waals surface area contributed by atoms with E-state index in [0.29, 0.717) is 6.54 Å². The van der Waals surface area contributed by atoms with Gasteiger partial charge in [0.1, 0.15) is 11.9 Å². The van der Waals surface area contributed by atoms with E-state index in [0.717, 1.165) is 12.0 Å². The molecule has 0 bridgehead atoms. The van der Waals surface area contributed by atoms with E-state index in [9.17, 15) is 13.6 Å². The van der Waals surface area contributed by atoms with E-state index in [-0.39, 0.29) is 23.9 Å². The maximum Gasteiger partial charge on any atom is 0.387 e. The summed E-state index contributed by atoms with van der Waals surface area (Å²) in [6.07, 6.45) is 0.647. The number of nitrogens with one attached hydrogen (secondary N) is 1. The molecule has 20 heavy (non-hydrogen) atoms. The Morgan fingerprint density at radius 1 is 1.40 bits per heavy atom. The predicted molar refractivity (Wildman–Crippen MR) is 70.4 cm³/mol. The standard InChI is InChI=1S/C14H18F2N2O2/c1-3-9(2)18-12(19)8-17-13(18)10-4-6-11(7-5-10)20-14(15)16/h4-7,9,13-14,17H,3,8H2,1-2H3. The molecule has 0 aliphatic carbocycles. The molecule has 0 radical (unpaired) electrons. The largest absolute Gasteiger partial charge is 0.435 e. The summed E-state index contributed by atoms with van der Waals surface area (Å²) < 4.78 is 28.5. The zero-order valence-electron chi connectivity index (χ0n) is 11.5. The van der Waals surface area contributed by atoms with Gasteiger partial charge in [0.25, 0.3) is 0 Å².